The predicted molar refractivity (Wildman–Crippen MR) is 43.3 cm³/mol. The van der Waals surface area contributed by atoms with Crippen molar-refractivity contribution in [2.75, 3.05) is 0 Å². The van der Waals surface area contributed by atoms with Gasteiger partial charge in [0.15, 0.2) is 6.29 Å². The van der Waals surface area contributed by atoms with E-state index in [2.05, 4.69) is 0 Å². The Kier molecular flexibility index (Phi) is 2.31. The van der Waals surface area contributed by atoms with Gasteiger partial charge in [0.25, 0.3) is 0 Å². The van der Waals surface area contributed by atoms with E-state index in [1.807, 2.05) is 0 Å². The van der Waals surface area contributed by atoms with Crippen LogP contribution in [0.3, 0.4) is 0 Å². The Labute approximate surface area is 65.8 Å². The van der Waals surface area contributed by atoms with Crippen LogP contribution in [-0.4, -0.2) is 6.29 Å². The second kappa shape index (κ2) is 3.23. The molecule has 0 unspecified atom stereocenters. The summed E-state index contributed by atoms with van der Waals surface area (Å²) in [5.74, 6) is 0.491. The van der Waals surface area contributed by atoms with Crippen molar-refractivity contribution in [1.29, 1.82) is 0 Å². The summed E-state index contributed by atoms with van der Waals surface area (Å²) in [6.45, 7) is 0. The van der Waals surface area contributed by atoms with Crippen molar-refractivity contribution in [3.63, 3.8) is 0 Å². The van der Waals surface area contributed by atoms with Crippen LogP contribution in [0.1, 0.15) is 12.8 Å². The fraction of sp³-hybridized carbons (Fsp3) is 0.375. The first-order chi connectivity index (χ1) is 5.27. The molecule has 60 valence electrons. The molecule has 1 rings (SSSR count). The van der Waals surface area contributed by atoms with Crippen molar-refractivity contribution in [3.8, 4) is 0 Å². The van der Waals surface area contributed by atoms with Gasteiger partial charge >= 0.3 is 0 Å². The Balaban J connectivity index is 2.60. The summed E-state index contributed by atoms with van der Waals surface area (Å²) in [5, 5.41) is 0. The van der Waals surface area contributed by atoms with E-state index < -0.39 is 0 Å². The minimum Gasteiger partial charge on any atom is -0.404 e. The van der Waals surface area contributed by atoms with E-state index in [9.17, 15) is 4.79 Å². The van der Waals surface area contributed by atoms with E-state index in [-0.39, 0.29) is 0 Å². The van der Waals surface area contributed by atoms with Gasteiger partial charge in [-0.15, -0.1) is 0 Å². The Morgan fingerprint density at radius 1 is 1.45 bits per heavy atom. The van der Waals surface area contributed by atoms with Crippen LogP contribution < -0.4 is 11.5 Å². The highest BCUT2D eigenvalue weighted by atomic mass is 16.1. The molecule has 3 nitrogen and oxygen atoms in total. The maximum Gasteiger partial charge on any atom is 0.151 e. The number of carbonyl (C=O) groups is 1. The minimum absolute atomic E-state index is 0.453. The van der Waals surface area contributed by atoms with Crippen LogP contribution >= 0.6 is 0 Å². The van der Waals surface area contributed by atoms with E-state index in [0.717, 1.165) is 18.5 Å². The molecule has 0 aromatic rings. The van der Waals surface area contributed by atoms with E-state index in [4.69, 9.17) is 11.5 Å². The van der Waals surface area contributed by atoms with Gasteiger partial charge < -0.3 is 11.5 Å². The zero-order chi connectivity index (χ0) is 8.27. The van der Waals surface area contributed by atoms with Crippen LogP contribution in [0.5, 0.6) is 0 Å². The summed E-state index contributed by atoms with van der Waals surface area (Å²) < 4.78 is 0. The number of allylic oxidation sites excluding steroid dienone is 3. The molecule has 1 aliphatic rings. The fourth-order valence-electron chi connectivity index (χ4n) is 0.848. The molecule has 0 saturated heterocycles. The standard InChI is InChI=1S/C8H12N2O/c9-4-6(5-11)3-8(10)7-1-2-7/h3-5,7H,1-2,9-10H2/b6-4+,8-3-. The van der Waals surface area contributed by atoms with Gasteiger partial charge in [-0.05, 0) is 24.8 Å². The van der Waals surface area contributed by atoms with E-state index in [1.165, 1.54) is 6.20 Å². The summed E-state index contributed by atoms with van der Waals surface area (Å²) in [5.41, 5.74) is 12.0. The zero-order valence-corrected chi connectivity index (χ0v) is 6.29. The van der Waals surface area contributed by atoms with Crippen LogP contribution in [0, 0.1) is 5.92 Å². The number of nitrogens with two attached hydrogens (primary N) is 2. The van der Waals surface area contributed by atoms with Crippen molar-refractivity contribution in [1.82, 2.24) is 0 Å². The fourth-order valence-corrected chi connectivity index (χ4v) is 0.848. The van der Waals surface area contributed by atoms with Gasteiger partial charge in [0, 0.05) is 17.5 Å². The quantitative estimate of drug-likeness (QED) is 0.346. The molecule has 1 aliphatic carbocycles. The predicted octanol–water partition coefficient (Wildman–Crippen LogP) is 0.281. The van der Waals surface area contributed by atoms with Crippen LogP contribution in [0.15, 0.2) is 23.5 Å². The topological polar surface area (TPSA) is 69.1 Å². The average Bonchev–Trinajstić information content (AvgIpc) is 2.81. The first-order valence-electron chi connectivity index (χ1n) is 3.62. The second-order valence-electron chi connectivity index (χ2n) is 2.70. The molecule has 0 bridgehead atoms. The Morgan fingerprint density at radius 2 is 2.09 bits per heavy atom. The molecule has 0 aromatic heterocycles. The molecule has 0 amide bonds. The van der Waals surface area contributed by atoms with Gasteiger partial charge in [-0.3, -0.25) is 4.79 Å². The molecule has 0 radical (unpaired) electrons. The number of hydrogen-bond donors (Lipinski definition) is 2. The van der Waals surface area contributed by atoms with Gasteiger partial charge in [0.2, 0.25) is 0 Å². The molecule has 0 spiro atoms. The second-order valence-corrected chi connectivity index (χ2v) is 2.70. The van der Waals surface area contributed by atoms with Crippen molar-refractivity contribution < 1.29 is 4.79 Å². The molecule has 0 atom stereocenters. The zero-order valence-electron chi connectivity index (χ0n) is 6.29. The molecule has 3 heteroatoms. The maximum absolute atomic E-state index is 10.3. The van der Waals surface area contributed by atoms with Crippen molar-refractivity contribution in [2.24, 2.45) is 17.4 Å². The number of aldehydes is 1. The third-order valence-electron chi connectivity index (χ3n) is 1.71. The summed E-state index contributed by atoms with van der Waals surface area (Å²) in [7, 11) is 0. The summed E-state index contributed by atoms with van der Waals surface area (Å²) >= 11 is 0. The van der Waals surface area contributed by atoms with E-state index in [0.29, 0.717) is 17.8 Å². The van der Waals surface area contributed by atoms with Gasteiger partial charge in [-0.1, -0.05) is 0 Å². The monoisotopic (exact) mass is 152 g/mol. The third kappa shape index (κ3) is 2.11. The Bertz CT molecular complexity index is 214. The lowest BCUT2D eigenvalue weighted by molar-refractivity contribution is -0.104. The lowest BCUT2D eigenvalue weighted by Gasteiger charge is -1.95. The molecule has 0 heterocycles. The van der Waals surface area contributed by atoms with Crippen LogP contribution in [-0.2, 0) is 4.79 Å². The number of hydrogen-bond acceptors (Lipinski definition) is 3. The Morgan fingerprint density at radius 3 is 2.45 bits per heavy atom. The van der Waals surface area contributed by atoms with Gasteiger partial charge in [0.05, 0.1) is 0 Å². The average molecular weight is 152 g/mol. The van der Waals surface area contributed by atoms with Crippen molar-refractivity contribution in [2.45, 2.75) is 12.8 Å². The van der Waals surface area contributed by atoms with Crippen LogP contribution in [0.25, 0.3) is 0 Å². The highest BCUT2D eigenvalue weighted by molar-refractivity contribution is 5.77. The lowest BCUT2D eigenvalue weighted by Crippen LogP contribution is -2.00. The van der Waals surface area contributed by atoms with Gasteiger partial charge in [-0.2, -0.15) is 0 Å². The Hall–Kier alpha value is -1.25. The summed E-state index contributed by atoms with van der Waals surface area (Å²) in [4.78, 5) is 10.3. The van der Waals surface area contributed by atoms with Crippen molar-refractivity contribution >= 4 is 6.29 Å². The molecule has 4 N–H and O–H groups in total. The first kappa shape index (κ1) is 7.85. The smallest absolute Gasteiger partial charge is 0.151 e. The molecule has 11 heavy (non-hydrogen) atoms. The molecule has 1 fully saturated rings. The number of carbonyl (C=O) groups excluding carboxylic acids is 1. The molecule has 0 aliphatic heterocycles. The summed E-state index contributed by atoms with van der Waals surface area (Å²) in [6, 6.07) is 0. The molecule has 0 aromatic carbocycles. The van der Waals surface area contributed by atoms with Crippen LogP contribution in [0.2, 0.25) is 0 Å². The third-order valence-corrected chi connectivity index (χ3v) is 1.71. The normalized spacial score (nSPS) is 20.0. The SMILES string of the molecule is N/C=C(C=O)\C=C(/N)C1CC1. The molecular weight excluding hydrogens is 140 g/mol. The van der Waals surface area contributed by atoms with Crippen LogP contribution in [0.4, 0.5) is 0 Å². The van der Waals surface area contributed by atoms with E-state index >= 15 is 0 Å². The minimum atomic E-state index is 0.453. The largest absolute Gasteiger partial charge is 0.404 e. The van der Waals surface area contributed by atoms with Crippen molar-refractivity contribution in [3.05, 3.63) is 23.5 Å². The first-order valence-corrected chi connectivity index (χ1v) is 3.62. The maximum atomic E-state index is 10.3. The molecule has 1 saturated carbocycles. The van der Waals surface area contributed by atoms with Gasteiger partial charge in [-0.25, -0.2) is 0 Å². The molecular formula is C8H12N2O. The van der Waals surface area contributed by atoms with Gasteiger partial charge in [0.1, 0.15) is 0 Å². The summed E-state index contributed by atoms with van der Waals surface area (Å²) in [6.07, 6.45) is 5.89. The number of rotatable bonds is 3. The lowest BCUT2D eigenvalue weighted by atomic mass is 10.2. The highest BCUT2D eigenvalue weighted by Crippen LogP contribution is 2.33. The highest BCUT2D eigenvalue weighted by Gasteiger charge is 2.23. The van der Waals surface area contributed by atoms with E-state index in [1.54, 1.807) is 6.08 Å².